The Morgan fingerprint density at radius 2 is 1.55 bits per heavy atom. The molecular weight excluding hydrogens is 474 g/mol. The van der Waals surface area contributed by atoms with E-state index in [1.165, 1.54) is 4.90 Å². The molecule has 0 aliphatic carbocycles. The van der Waals surface area contributed by atoms with Gasteiger partial charge in [-0.05, 0) is 82.5 Å². The molecule has 1 aromatic heterocycles. The van der Waals surface area contributed by atoms with Crippen LogP contribution in [0.1, 0.15) is 36.2 Å². The number of amides is 3. The zero-order valence-corrected chi connectivity index (χ0v) is 22.9. The molecule has 7 nitrogen and oxygen atoms in total. The summed E-state index contributed by atoms with van der Waals surface area (Å²) in [5, 5.41) is 10.8. The highest BCUT2D eigenvalue weighted by Crippen LogP contribution is 2.33. The van der Waals surface area contributed by atoms with Gasteiger partial charge in [0.25, 0.3) is 0 Å². The number of rotatable bonds is 7. The van der Waals surface area contributed by atoms with Gasteiger partial charge in [-0.3, -0.25) is 4.79 Å². The molecular formula is C31H35N5O2. The average molecular weight is 510 g/mol. The molecule has 3 aromatic carbocycles. The first-order chi connectivity index (χ1) is 18.1. The lowest BCUT2D eigenvalue weighted by Gasteiger charge is -2.26. The zero-order valence-electron chi connectivity index (χ0n) is 22.9. The Balaban J connectivity index is 1.62. The lowest BCUT2D eigenvalue weighted by atomic mass is 10.1. The van der Waals surface area contributed by atoms with Gasteiger partial charge in [0.15, 0.2) is 0 Å². The first kappa shape index (κ1) is 26.7. The van der Waals surface area contributed by atoms with Crippen LogP contribution in [0.5, 0.6) is 0 Å². The van der Waals surface area contributed by atoms with Crippen molar-refractivity contribution in [3.63, 3.8) is 0 Å². The Morgan fingerprint density at radius 1 is 0.868 bits per heavy atom. The minimum absolute atomic E-state index is 0.110. The average Bonchev–Trinajstić information content (AvgIpc) is 3.20. The van der Waals surface area contributed by atoms with E-state index in [0.717, 1.165) is 39.2 Å². The van der Waals surface area contributed by atoms with Gasteiger partial charge in [0.2, 0.25) is 5.91 Å². The molecule has 196 valence electrons. The van der Waals surface area contributed by atoms with Crippen LogP contribution >= 0.6 is 0 Å². The Labute approximate surface area is 224 Å². The molecule has 0 unspecified atom stereocenters. The number of aryl methyl sites for hydroxylation is 4. The van der Waals surface area contributed by atoms with E-state index in [-0.39, 0.29) is 24.5 Å². The minimum atomic E-state index is -0.329. The Hall–Kier alpha value is -4.39. The van der Waals surface area contributed by atoms with Gasteiger partial charge >= 0.3 is 6.03 Å². The van der Waals surface area contributed by atoms with Gasteiger partial charge in [-0.25, -0.2) is 9.48 Å². The predicted molar refractivity (Wildman–Crippen MR) is 154 cm³/mol. The van der Waals surface area contributed by atoms with Crippen LogP contribution in [0.25, 0.3) is 16.8 Å². The third kappa shape index (κ3) is 5.94. The second-order valence-electron chi connectivity index (χ2n) is 9.92. The molecule has 2 N–H and O–H groups in total. The molecule has 0 aliphatic rings. The highest BCUT2D eigenvalue weighted by molar-refractivity contribution is 5.99. The van der Waals surface area contributed by atoms with Crippen LogP contribution in [-0.4, -0.2) is 39.2 Å². The molecule has 0 spiro atoms. The van der Waals surface area contributed by atoms with E-state index >= 15 is 0 Å². The molecule has 7 heteroatoms. The summed E-state index contributed by atoms with van der Waals surface area (Å²) < 4.78 is 1.75. The lowest BCUT2D eigenvalue weighted by Crippen LogP contribution is -2.44. The van der Waals surface area contributed by atoms with Crippen LogP contribution in [0, 0.1) is 27.7 Å². The maximum absolute atomic E-state index is 13.4. The van der Waals surface area contributed by atoms with Crippen molar-refractivity contribution < 1.29 is 9.59 Å². The van der Waals surface area contributed by atoms with Crippen LogP contribution in [-0.2, 0) is 4.79 Å². The molecule has 1 heterocycles. The van der Waals surface area contributed by atoms with Crippen molar-refractivity contribution in [2.24, 2.45) is 0 Å². The molecule has 0 saturated carbocycles. The van der Waals surface area contributed by atoms with E-state index in [2.05, 4.69) is 10.6 Å². The first-order valence-corrected chi connectivity index (χ1v) is 12.8. The predicted octanol–water partition coefficient (Wildman–Crippen LogP) is 6.65. The third-order valence-electron chi connectivity index (χ3n) is 6.62. The second-order valence-corrected chi connectivity index (χ2v) is 9.92. The molecule has 4 aromatic rings. The third-order valence-corrected chi connectivity index (χ3v) is 6.62. The number of urea groups is 1. The number of hydrogen-bond donors (Lipinski definition) is 2. The maximum atomic E-state index is 13.4. The highest BCUT2D eigenvalue weighted by Gasteiger charge is 2.24. The molecule has 4 rings (SSSR count). The van der Waals surface area contributed by atoms with Crippen LogP contribution in [0.4, 0.5) is 16.3 Å². The van der Waals surface area contributed by atoms with E-state index < -0.39 is 0 Å². The summed E-state index contributed by atoms with van der Waals surface area (Å²) in [5.41, 5.74) is 7.49. The SMILES string of the molecule is Cc1ccc(-n2nc(C)c(-c3ccccc3)c2NC(=O)CN(C(=O)Nc2ccc(C)c(C)c2)C(C)C)cc1. The molecule has 0 atom stereocenters. The van der Waals surface area contributed by atoms with E-state index in [0.29, 0.717) is 11.5 Å². The highest BCUT2D eigenvalue weighted by atomic mass is 16.2. The smallest absolute Gasteiger partial charge is 0.313 e. The normalized spacial score (nSPS) is 10.9. The zero-order chi connectivity index (χ0) is 27.4. The fourth-order valence-electron chi connectivity index (χ4n) is 4.30. The summed E-state index contributed by atoms with van der Waals surface area (Å²) in [6.45, 7) is 11.7. The lowest BCUT2D eigenvalue weighted by molar-refractivity contribution is -0.117. The van der Waals surface area contributed by atoms with Gasteiger partial charge in [0.05, 0.1) is 11.4 Å². The first-order valence-electron chi connectivity index (χ1n) is 12.8. The summed E-state index contributed by atoms with van der Waals surface area (Å²) in [6, 6.07) is 23.1. The van der Waals surface area contributed by atoms with Gasteiger partial charge in [-0.15, -0.1) is 0 Å². The number of carbonyl (C=O) groups is 2. The molecule has 3 amide bonds. The molecule has 0 fully saturated rings. The molecule has 38 heavy (non-hydrogen) atoms. The van der Waals surface area contributed by atoms with Crippen molar-refractivity contribution in [2.75, 3.05) is 17.2 Å². The Kier molecular flexibility index (Phi) is 7.96. The van der Waals surface area contributed by atoms with Crippen LogP contribution in [0.15, 0.2) is 72.8 Å². The summed E-state index contributed by atoms with van der Waals surface area (Å²) >= 11 is 0. The van der Waals surface area contributed by atoms with Gasteiger partial charge < -0.3 is 15.5 Å². The quantitative estimate of drug-likeness (QED) is 0.293. The van der Waals surface area contributed by atoms with Gasteiger partial charge in [0.1, 0.15) is 12.4 Å². The largest absolute Gasteiger partial charge is 0.322 e. The molecule has 0 bridgehead atoms. The van der Waals surface area contributed by atoms with Crippen molar-refractivity contribution in [1.29, 1.82) is 0 Å². The number of carbonyl (C=O) groups excluding carboxylic acids is 2. The van der Waals surface area contributed by atoms with Crippen LogP contribution < -0.4 is 10.6 Å². The monoisotopic (exact) mass is 509 g/mol. The van der Waals surface area contributed by atoms with Gasteiger partial charge in [0, 0.05) is 17.3 Å². The number of anilines is 2. The number of benzene rings is 3. The Bertz CT molecular complexity index is 1440. The fraction of sp³-hybridized carbons (Fsp3) is 0.258. The summed E-state index contributed by atoms with van der Waals surface area (Å²) in [5.74, 6) is 0.264. The molecule has 0 radical (unpaired) electrons. The van der Waals surface area contributed by atoms with Crippen LogP contribution in [0.3, 0.4) is 0 Å². The number of nitrogens with one attached hydrogen (secondary N) is 2. The van der Waals surface area contributed by atoms with E-state index in [1.54, 1.807) is 4.68 Å². The number of aromatic nitrogens is 2. The summed E-state index contributed by atoms with van der Waals surface area (Å²) in [4.78, 5) is 28.1. The molecule has 0 saturated heterocycles. The standard InChI is InChI=1S/C31H35N5O2/c1-20(2)35(31(38)32-26-15-14-22(4)23(5)18-26)19-28(37)33-30-29(25-10-8-7-9-11-25)24(6)34-36(30)27-16-12-21(3)13-17-27/h7-18,20H,19H2,1-6H3,(H,32,38)(H,33,37). The summed E-state index contributed by atoms with van der Waals surface area (Å²) in [7, 11) is 0. The number of hydrogen-bond acceptors (Lipinski definition) is 3. The van der Waals surface area contributed by atoms with E-state index in [4.69, 9.17) is 5.10 Å². The van der Waals surface area contributed by atoms with Crippen molar-refractivity contribution in [3.05, 3.63) is 95.2 Å². The number of nitrogens with zero attached hydrogens (tertiary/aromatic N) is 3. The maximum Gasteiger partial charge on any atom is 0.322 e. The van der Waals surface area contributed by atoms with Crippen molar-refractivity contribution in [3.8, 4) is 16.8 Å². The minimum Gasteiger partial charge on any atom is -0.313 e. The summed E-state index contributed by atoms with van der Waals surface area (Å²) in [6.07, 6.45) is 0. The van der Waals surface area contributed by atoms with Crippen LogP contribution in [0.2, 0.25) is 0 Å². The Morgan fingerprint density at radius 3 is 2.18 bits per heavy atom. The van der Waals surface area contributed by atoms with E-state index in [1.807, 2.05) is 114 Å². The molecule has 0 aliphatic heterocycles. The van der Waals surface area contributed by atoms with Crippen molar-refractivity contribution >= 4 is 23.4 Å². The second kappa shape index (κ2) is 11.3. The van der Waals surface area contributed by atoms with Crippen molar-refractivity contribution in [2.45, 2.75) is 47.6 Å². The van der Waals surface area contributed by atoms with Gasteiger partial charge in [-0.2, -0.15) is 5.10 Å². The van der Waals surface area contributed by atoms with Crippen molar-refractivity contribution in [1.82, 2.24) is 14.7 Å². The van der Waals surface area contributed by atoms with E-state index in [9.17, 15) is 9.59 Å². The van der Waals surface area contributed by atoms with Gasteiger partial charge in [-0.1, -0.05) is 54.1 Å². The fourth-order valence-corrected chi connectivity index (χ4v) is 4.30. The topological polar surface area (TPSA) is 79.3 Å².